The molecule has 1 atom stereocenters. The molecule has 0 unspecified atom stereocenters. The highest BCUT2D eigenvalue weighted by Gasteiger charge is 2.24. The van der Waals surface area contributed by atoms with Gasteiger partial charge in [-0.3, -0.25) is 14.9 Å². The van der Waals surface area contributed by atoms with Gasteiger partial charge < -0.3 is 11.1 Å². The van der Waals surface area contributed by atoms with Crippen molar-refractivity contribution in [3.63, 3.8) is 0 Å². The number of amides is 1. The molecule has 1 aromatic carbocycles. The molecule has 0 fully saturated rings. The molecule has 0 aliphatic rings. The molecule has 0 aliphatic heterocycles. The van der Waals surface area contributed by atoms with Gasteiger partial charge in [-0.05, 0) is 13.0 Å². The van der Waals surface area contributed by atoms with Crippen molar-refractivity contribution in [3.8, 4) is 0 Å². The maximum Gasteiger partial charge on any atom is 0.289 e. The number of benzene rings is 1. The van der Waals surface area contributed by atoms with E-state index >= 15 is 0 Å². The van der Waals surface area contributed by atoms with Gasteiger partial charge in [-0.1, -0.05) is 12.1 Å². The SMILES string of the molecule is C[C@H](N)C(=O)NCCNS(=O)(=O)c1ccccc1[N+](=O)[O-]. The number of nitro benzene ring substituents is 1. The average molecular weight is 316 g/mol. The summed E-state index contributed by atoms with van der Waals surface area (Å²) in [7, 11) is -4.03. The predicted octanol–water partition coefficient (Wildman–Crippen LogP) is -0.663. The Hall–Kier alpha value is -2.04. The molecule has 0 aromatic heterocycles. The summed E-state index contributed by atoms with van der Waals surface area (Å²) in [6.07, 6.45) is 0. The second-order valence-electron chi connectivity index (χ2n) is 4.20. The zero-order chi connectivity index (χ0) is 16.0. The van der Waals surface area contributed by atoms with Gasteiger partial charge in [0.25, 0.3) is 5.69 Å². The minimum atomic E-state index is -4.03. The fourth-order valence-corrected chi connectivity index (χ4v) is 2.65. The highest BCUT2D eigenvalue weighted by atomic mass is 32.2. The number of carbonyl (C=O) groups excluding carboxylic acids is 1. The molecule has 0 saturated carbocycles. The molecule has 0 spiro atoms. The van der Waals surface area contributed by atoms with Crippen LogP contribution in [-0.2, 0) is 14.8 Å². The Balaban J connectivity index is 2.71. The number of hydrogen-bond acceptors (Lipinski definition) is 6. The Kier molecular flexibility index (Phi) is 5.76. The lowest BCUT2D eigenvalue weighted by Crippen LogP contribution is -2.42. The Morgan fingerprint density at radius 2 is 2.00 bits per heavy atom. The number of nitrogens with zero attached hydrogens (tertiary/aromatic N) is 1. The van der Waals surface area contributed by atoms with Crippen molar-refractivity contribution in [3.05, 3.63) is 34.4 Å². The molecule has 116 valence electrons. The highest BCUT2D eigenvalue weighted by Crippen LogP contribution is 2.22. The Labute approximate surface area is 121 Å². The quantitative estimate of drug-likeness (QED) is 0.346. The first kappa shape index (κ1) is 17.0. The smallest absolute Gasteiger partial charge is 0.289 e. The van der Waals surface area contributed by atoms with Crippen LogP contribution in [0.25, 0.3) is 0 Å². The lowest BCUT2D eigenvalue weighted by atomic mass is 10.3. The van der Waals surface area contributed by atoms with Gasteiger partial charge in [-0.15, -0.1) is 0 Å². The monoisotopic (exact) mass is 316 g/mol. The molecular formula is C11H16N4O5S. The maximum atomic E-state index is 12.0. The molecule has 9 nitrogen and oxygen atoms in total. The summed E-state index contributed by atoms with van der Waals surface area (Å²) in [5.41, 5.74) is 4.81. The summed E-state index contributed by atoms with van der Waals surface area (Å²) in [6, 6.07) is 4.31. The van der Waals surface area contributed by atoms with E-state index in [0.717, 1.165) is 12.1 Å². The average Bonchev–Trinajstić information content (AvgIpc) is 2.43. The molecule has 4 N–H and O–H groups in total. The van der Waals surface area contributed by atoms with Crippen LogP contribution >= 0.6 is 0 Å². The van der Waals surface area contributed by atoms with Crippen molar-refractivity contribution in [2.75, 3.05) is 13.1 Å². The fraction of sp³-hybridized carbons (Fsp3) is 0.364. The van der Waals surface area contributed by atoms with Crippen LogP contribution in [0, 0.1) is 10.1 Å². The van der Waals surface area contributed by atoms with Crippen LogP contribution in [0.5, 0.6) is 0 Å². The first-order chi connectivity index (χ1) is 9.75. The highest BCUT2D eigenvalue weighted by molar-refractivity contribution is 7.89. The number of hydrogen-bond donors (Lipinski definition) is 3. The molecule has 0 saturated heterocycles. The standard InChI is InChI=1S/C11H16N4O5S/c1-8(12)11(16)13-6-7-14-21(19,20)10-5-3-2-4-9(10)15(17)18/h2-5,8,14H,6-7,12H2,1H3,(H,13,16)/t8-/m0/s1. The topological polar surface area (TPSA) is 144 Å². The summed E-state index contributed by atoms with van der Waals surface area (Å²) in [5, 5.41) is 13.2. The second-order valence-corrected chi connectivity index (χ2v) is 5.94. The van der Waals surface area contributed by atoms with Gasteiger partial charge in [0.05, 0.1) is 11.0 Å². The van der Waals surface area contributed by atoms with Gasteiger partial charge in [0.1, 0.15) is 0 Å². The molecule has 10 heteroatoms. The van der Waals surface area contributed by atoms with E-state index < -0.39 is 37.5 Å². The molecule has 1 rings (SSSR count). The first-order valence-corrected chi connectivity index (χ1v) is 7.50. The van der Waals surface area contributed by atoms with Gasteiger partial charge in [0, 0.05) is 19.2 Å². The lowest BCUT2D eigenvalue weighted by Gasteiger charge is -2.09. The second kappa shape index (κ2) is 7.11. The Bertz CT molecular complexity index is 629. The lowest BCUT2D eigenvalue weighted by molar-refractivity contribution is -0.387. The van der Waals surface area contributed by atoms with Gasteiger partial charge in [0.15, 0.2) is 4.90 Å². The summed E-state index contributed by atoms with van der Waals surface area (Å²) < 4.78 is 26.1. The van der Waals surface area contributed by atoms with Gasteiger partial charge in [0.2, 0.25) is 15.9 Å². The van der Waals surface area contributed by atoms with E-state index in [2.05, 4.69) is 10.0 Å². The largest absolute Gasteiger partial charge is 0.353 e. The van der Waals surface area contributed by atoms with Crippen molar-refractivity contribution in [1.82, 2.24) is 10.0 Å². The van der Waals surface area contributed by atoms with E-state index in [-0.39, 0.29) is 13.1 Å². The summed E-state index contributed by atoms with van der Waals surface area (Å²) >= 11 is 0. The molecule has 0 radical (unpaired) electrons. The van der Waals surface area contributed by atoms with E-state index in [0.29, 0.717) is 0 Å². The van der Waals surface area contributed by atoms with E-state index in [9.17, 15) is 23.3 Å². The maximum absolute atomic E-state index is 12.0. The van der Waals surface area contributed by atoms with E-state index in [1.54, 1.807) is 0 Å². The van der Waals surface area contributed by atoms with Gasteiger partial charge in [-0.2, -0.15) is 0 Å². The fourth-order valence-electron chi connectivity index (χ4n) is 1.45. The van der Waals surface area contributed by atoms with Crippen molar-refractivity contribution in [2.24, 2.45) is 5.73 Å². The van der Waals surface area contributed by atoms with E-state index in [1.165, 1.54) is 19.1 Å². The van der Waals surface area contributed by atoms with Crippen molar-refractivity contribution in [2.45, 2.75) is 17.9 Å². The number of nitrogens with one attached hydrogen (secondary N) is 2. The molecule has 1 aromatic rings. The molecule has 21 heavy (non-hydrogen) atoms. The van der Waals surface area contributed by atoms with Crippen molar-refractivity contribution >= 4 is 21.6 Å². The van der Waals surface area contributed by atoms with Crippen LogP contribution in [0.1, 0.15) is 6.92 Å². The van der Waals surface area contributed by atoms with Crippen LogP contribution < -0.4 is 15.8 Å². The number of para-hydroxylation sites is 1. The summed E-state index contributed by atoms with van der Waals surface area (Å²) in [6.45, 7) is 1.42. The van der Waals surface area contributed by atoms with Crippen LogP contribution in [0.4, 0.5) is 5.69 Å². The molecule has 0 heterocycles. The molecular weight excluding hydrogens is 300 g/mol. The van der Waals surface area contributed by atoms with E-state index in [4.69, 9.17) is 5.73 Å². The minimum Gasteiger partial charge on any atom is -0.353 e. The number of nitrogens with two attached hydrogens (primary N) is 1. The third-order valence-electron chi connectivity index (χ3n) is 2.48. The van der Waals surface area contributed by atoms with Crippen LogP contribution in [0.2, 0.25) is 0 Å². The zero-order valence-electron chi connectivity index (χ0n) is 11.3. The number of sulfonamides is 1. The predicted molar refractivity (Wildman–Crippen MR) is 74.9 cm³/mol. The number of nitro groups is 1. The molecule has 0 aliphatic carbocycles. The van der Waals surface area contributed by atoms with Crippen LogP contribution in [0.3, 0.4) is 0 Å². The number of rotatable bonds is 7. The minimum absolute atomic E-state index is 0.0280. The van der Waals surface area contributed by atoms with E-state index in [1.807, 2.05) is 0 Å². The Morgan fingerprint density at radius 1 is 1.38 bits per heavy atom. The Morgan fingerprint density at radius 3 is 2.57 bits per heavy atom. The summed E-state index contributed by atoms with van der Waals surface area (Å²) in [5.74, 6) is -0.417. The zero-order valence-corrected chi connectivity index (χ0v) is 12.1. The van der Waals surface area contributed by atoms with Crippen LogP contribution in [0.15, 0.2) is 29.2 Å². The van der Waals surface area contributed by atoms with Gasteiger partial charge >= 0.3 is 0 Å². The van der Waals surface area contributed by atoms with Crippen molar-refractivity contribution < 1.29 is 18.1 Å². The third-order valence-corrected chi connectivity index (χ3v) is 3.99. The number of carbonyl (C=O) groups is 1. The normalized spacial score (nSPS) is 12.7. The summed E-state index contributed by atoms with van der Waals surface area (Å²) in [4.78, 5) is 20.8. The molecule has 1 amide bonds. The van der Waals surface area contributed by atoms with Crippen LogP contribution in [-0.4, -0.2) is 38.4 Å². The van der Waals surface area contributed by atoms with Gasteiger partial charge in [-0.25, -0.2) is 13.1 Å². The van der Waals surface area contributed by atoms with Crippen molar-refractivity contribution in [1.29, 1.82) is 0 Å². The first-order valence-electron chi connectivity index (χ1n) is 6.02. The third kappa shape index (κ3) is 4.77. The molecule has 0 bridgehead atoms.